The Morgan fingerprint density at radius 2 is 2.23 bits per heavy atom. The number of aliphatic hydroxyl groups is 1. The maximum absolute atomic E-state index is 13.7. The van der Waals surface area contributed by atoms with Crippen molar-refractivity contribution in [3.8, 4) is 0 Å². The fourth-order valence-corrected chi connectivity index (χ4v) is 3.62. The van der Waals surface area contributed by atoms with Gasteiger partial charge in [0, 0.05) is 30.1 Å². The zero-order valence-corrected chi connectivity index (χ0v) is 15.7. The summed E-state index contributed by atoms with van der Waals surface area (Å²) in [6.07, 6.45) is 1.36. The van der Waals surface area contributed by atoms with Crippen LogP contribution in [0, 0.1) is 5.82 Å². The number of hydrogen-bond donors (Lipinski definition) is 3. The van der Waals surface area contributed by atoms with Gasteiger partial charge in [0.1, 0.15) is 5.82 Å². The summed E-state index contributed by atoms with van der Waals surface area (Å²) < 4.78 is 15.4. The summed E-state index contributed by atoms with van der Waals surface area (Å²) in [7, 11) is 0. The molecule has 7 heteroatoms. The third kappa shape index (κ3) is 4.04. The number of carbonyl (C=O) groups is 1. The maximum Gasteiger partial charge on any atom is 0.272 e. The second kappa shape index (κ2) is 6.96. The molecule has 2 atom stereocenters. The number of aromatic nitrogens is 2. The number of fused-ring (bicyclic) bond motifs is 1. The molecule has 26 heavy (non-hydrogen) atoms. The Morgan fingerprint density at radius 1 is 1.50 bits per heavy atom. The largest absolute Gasteiger partial charge is 0.390 e. The van der Waals surface area contributed by atoms with Gasteiger partial charge in [0.25, 0.3) is 5.91 Å². The van der Waals surface area contributed by atoms with Crippen LogP contribution in [-0.2, 0) is 0 Å². The normalized spacial score (nSPS) is 20.9. The molecular weight excluding hydrogens is 335 g/mol. The van der Waals surface area contributed by atoms with Gasteiger partial charge in [-0.2, -0.15) is 5.10 Å². The Morgan fingerprint density at radius 3 is 2.88 bits per heavy atom. The molecule has 6 nitrogen and oxygen atoms in total. The summed E-state index contributed by atoms with van der Waals surface area (Å²) in [5.74, 6) is -0.682. The molecule has 3 N–H and O–H groups in total. The van der Waals surface area contributed by atoms with E-state index in [1.54, 1.807) is 24.6 Å². The van der Waals surface area contributed by atoms with Crippen LogP contribution in [-0.4, -0.2) is 45.0 Å². The third-order valence-corrected chi connectivity index (χ3v) is 4.68. The first kappa shape index (κ1) is 18.8. The zero-order chi connectivity index (χ0) is 19.1. The summed E-state index contributed by atoms with van der Waals surface area (Å²) in [4.78, 5) is 12.8. The van der Waals surface area contributed by atoms with E-state index in [0.717, 1.165) is 11.9 Å². The van der Waals surface area contributed by atoms with Crippen LogP contribution in [0.4, 0.5) is 4.39 Å². The van der Waals surface area contributed by atoms with E-state index in [0.29, 0.717) is 18.4 Å². The molecule has 142 valence electrons. The molecule has 0 aliphatic carbocycles. The number of hydrogen-bond acceptors (Lipinski definition) is 4. The molecule has 1 aliphatic heterocycles. The van der Waals surface area contributed by atoms with Gasteiger partial charge in [0.05, 0.1) is 11.1 Å². The Labute approximate surface area is 152 Å². The summed E-state index contributed by atoms with van der Waals surface area (Å²) in [6, 6.07) is 4.58. The van der Waals surface area contributed by atoms with Gasteiger partial charge in [-0.25, -0.2) is 4.39 Å². The molecular formula is C19H27FN4O2. The van der Waals surface area contributed by atoms with Gasteiger partial charge < -0.3 is 15.7 Å². The summed E-state index contributed by atoms with van der Waals surface area (Å²) in [5, 5.41) is 21.2. The molecule has 1 fully saturated rings. The predicted octanol–water partition coefficient (Wildman–Crippen LogP) is 2.38. The Kier molecular flexibility index (Phi) is 5.03. The lowest BCUT2D eigenvalue weighted by molar-refractivity contribution is 0.0612. The quantitative estimate of drug-likeness (QED) is 0.763. The van der Waals surface area contributed by atoms with Crippen molar-refractivity contribution in [3.63, 3.8) is 0 Å². The number of nitrogens with zero attached hydrogens (tertiary/aromatic N) is 2. The average molecular weight is 362 g/mol. The lowest BCUT2D eigenvalue weighted by Gasteiger charge is -2.21. The molecule has 0 radical (unpaired) electrons. The highest BCUT2D eigenvalue weighted by Gasteiger charge is 2.30. The van der Waals surface area contributed by atoms with Gasteiger partial charge >= 0.3 is 0 Å². The minimum atomic E-state index is -0.750. The van der Waals surface area contributed by atoms with E-state index < -0.39 is 5.60 Å². The Hall–Kier alpha value is -1.99. The van der Waals surface area contributed by atoms with Crippen molar-refractivity contribution in [3.05, 3.63) is 29.7 Å². The van der Waals surface area contributed by atoms with E-state index in [4.69, 9.17) is 0 Å². The Bertz CT molecular complexity index is 810. The zero-order valence-electron chi connectivity index (χ0n) is 15.7. The number of amides is 1. The molecule has 1 saturated heterocycles. The number of benzene rings is 1. The van der Waals surface area contributed by atoms with Crippen molar-refractivity contribution < 1.29 is 14.3 Å². The molecule has 1 aliphatic rings. The maximum atomic E-state index is 13.7. The van der Waals surface area contributed by atoms with Gasteiger partial charge in [-0.3, -0.25) is 9.48 Å². The minimum absolute atomic E-state index is 0.0392. The molecule has 0 bridgehead atoms. The molecule has 1 amide bonds. The first-order chi connectivity index (χ1) is 12.1. The lowest BCUT2D eigenvalue weighted by Crippen LogP contribution is -2.36. The number of rotatable bonds is 5. The molecule has 1 aromatic heterocycles. The van der Waals surface area contributed by atoms with Gasteiger partial charge in [0.15, 0.2) is 5.69 Å². The van der Waals surface area contributed by atoms with E-state index in [1.807, 2.05) is 13.8 Å². The van der Waals surface area contributed by atoms with Crippen molar-refractivity contribution in [2.75, 3.05) is 6.54 Å². The molecule has 1 unspecified atom stereocenters. The fourth-order valence-electron chi connectivity index (χ4n) is 3.62. The topological polar surface area (TPSA) is 79.2 Å². The summed E-state index contributed by atoms with van der Waals surface area (Å²) in [5.41, 5.74) is 0.246. The summed E-state index contributed by atoms with van der Waals surface area (Å²) in [6.45, 7) is 8.14. The van der Waals surface area contributed by atoms with Crippen LogP contribution in [0.15, 0.2) is 18.2 Å². The highest BCUT2D eigenvalue weighted by molar-refractivity contribution is 6.05. The van der Waals surface area contributed by atoms with Crippen LogP contribution in [0.2, 0.25) is 0 Å². The highest BCUT2D eigenvalue weighted by Crippen LogP contribution is 2.24. The SMILES string of the molecule is CC(C)n1nc(C(=O)NC2CN[C@H](CC(C)(C)O)C2)c2cc(F)ccc21. The third-order valence-electron chi connectivity index (χ3n) is 4.68. The number of nitrogens with one attached hydrogen (secondary N) is 2. The van der Waals surface area contributed by atoms with Crippen molar-refractivity contribution in [2.45, 2.75) is 64.3 Å². The van der Waals surface area contributed by atoms with Crippen molar-refractivity contribution in [2.24, 2.45) is 0 Å². The Balaban J connectivity index is 1.77. The second-order valence-corrected chi connectivity index (χ2v) is 8.08. The average Bonchev–Trinajstić information content (AvgIpc) is 3.09. The molecule has 0 saturated carbocycles. The number of carbonyl (C=O) groups excluding carboxylic acids is 1. The van der Waals surface area contributed by atoms with Gasteiger partial charge in [-0.1, -0.05) is 0 Å². The molecule has 3 rings (SSSR count). The van der Waals surface area contributed by atoms with Crippen LogP contribution >= 0.6 is 0 Å². The van der Waals surface area contributed by atoms with Gasteiger partial charge in [-0.15, -0.1) is 0 Å². The first-order valence-electron chi connectivity index (χ1n) is 9.08. The van der Waals surface area contributed by atoms with Crippen molar-refractivity contribution >= 4 is 16.8 Å². The summed E-state index contributed by atoms with van der Waals surface area (Å²) >= 11 is 0. The van der Waals surface area contributed by atoms with Crippen LogP contribution in [0.3, 0.4) is 0 Å². The van der Waals surface area contributed by atoms with E-state index >= 15 is 0 Å². The fraction of sp³-hybridized carbons (Fsp3) is 0.579. The number of halogens is 1. The minimum Gasteiger partial charge on any atom is -0.390 e. The van der Waals surface area contributed by atoms with Crippen LogP contribution in [0.1, 0.15) is 57.1 Å². The van der Waals surface area contributed by atoms with Crippen LogP contribution in [0.25, 0.3) is 10.9 Å². The molecule has 2 aromatic rings. The van der Waals surface area contributed by atoms with E-state index in [2.05, 4.69) is 15.7 Å². The van der Waals surface area contributed by atoms with Crippen molar-refractivity contribution in [1.29, 1.82) is 0 Å². The van der Waals surface area contributed by atoms with Crippen LogP contribution in [0.5, 0.6) is 0 Å². The predicted molar refractivity (Wildman–Crippen MR) is 98.7 cm³/mol. The molecule has 0 spiro atoms. The monoisotopic (exact) mass is 362 g/mol. The second-order valence-electron chi connectivity index (χ2n) is 8.08. The lowest BCUT2D eigenvalue weighted by atomic mass is 9.97. The standard InChI is InChI=1S/C19H27FN4O2/c1-11(2)24-16-6-5-12(20)7-15(16)17(23-24)18(25)22-14-8-13(21-10-14)9-19(3,4)26/h5-7,11,13-14,21,26H,8-10H2,1-4H3,(H,22,25)/t13-,14?/m0/s1. The van der Waals surface area contributed by atoms with Crippen molar-refractivity contribution in [1.82, 2.24) is 20.4 Å². The van der Waals surface area contributed by atoms with Gasteiger partial charge in [0.2, 0.25) is 0 Å². The van der Waals surface area contributed by atoms with E-state index in [9.17, 15) is 14.3 Å². The molecule has 1 aromatic carbocycles. The van der Waals surface area contributed by atoms with Crippen LogP contribution < -0.4 is 10.6 Å². The smallest absolute Gasteiger partial charge is 0.272 e. The first-order valence-corrected chi connectivity index (χ1v) is 9.08. The van der Waals surface area contributed by atoms with E-state index in [-0.39, 0.29) is 35.5 Å². The van der Waals surface area contributed by atoms with Gasteiger partial charge in [-0.05, 0) is 58.7 Å². The highest BCUT2D eigenvalue weighted by atomic mass is 19.1. The molecule has 2 heterocycles. The van der Waals surface area contributed by atoms with E-state index in [1.165, 1.54) is 12.1 Å².